The van der Waals surface area contributed by atoms with Crippen LogP contribution >= 0.6 is 0 Å². The molecule has 0 radical (unpaired) electrons. The lowest BCUT2D eigenvalue weighted by molar-refractivity contribution is 0.323. The van der Waals surface area contributed by atoms with E-state index in [-0.39, 0.29) is 0 Å². The minimum atomic E-state index is 0.567. The van der Waals surface area contributed by atoms with Gasteiger partial charge in [-0.05, 0) is 29.8 Å². The fraction of sp³-hybridized carbons (Fsp3) is 0.389. The molecule has 2 rings (SSSR count). The highest BCUT2D eigenvalue weighted by Crippen LogP contribution is 2.38. The van der Waals surface area contributed by atoms with E-state index in [4.69, 9.17) is 18.6 Å². The lowest BCUT2D eigenvalue weighted by Crippen LogP contribution is -2.37. The molecule has 0 fully saturated rings. The molecule has 0 saturated carbocycles. The van der Waals surface area contributed by atoms with Gasteiger partial charge in [-0.3, -0.25) is 4.99 Å². The van der Waals surface area contributed by atoms with Gasteiger partial charge in [0.2, 0.25) is 5.75 Å². The number of nitrogens with zero attached hydrogens (tertiary/aromatic N) is 1. The number of nitrogens with one attached hydrogen (secondary N) is 2. The molecule has 0 spiro atoms. The highest BCUT2D eigenvalue weighted by Gasteiger charge is 2.13. The molecule has 7 nitrogen and oxygen atoms in total. The maximum absolute atomic E-state index is 5.37. The van der Waals surface area contributed by atoms with E-state index in [9.17, 15) is 0 Å². The van der Waals surface area contributed by atoms with E-state index in [1.54, 1.807) is 34.6 Å². The summed E-state index contributed by atoms with van der Waals surface area (Å²) in [6.07, 6.45) is 2.46. The molecule has 2 N–H and O–H groups in total. The normalized spacial score (nSPS) is 11.1. The standard InChI is InChI=1S/C18H25N3O4/c1-19-18(20-8-7-14-6-5-9-25-14)21-12-13-10-15(22-2)17(24-4)16(11-13)23-3/h5-6,9-11H,7-8,12H2,1-4H3,(H2,19,20,21). The summed E-state index contributed by atoms with van der Waals surface area (Å²) in [5.41, 5.74) is 0.989. The Labute approximate surface area is 148 Å². The SMILES string of the molecule is CN=C(NCCc1ccco1)NCc1cc(OC)c(OC)c(OC)c1. The third-order valence-electron chi connectivity index (χ3n) is 3.65. The summed E-state index contributed by atoms with van der Waals surface area (Å²) in [6.45, 7) is 1.29. The molecule has 0 saturated heterocycles. The Balaban J connectivity index is 1.94. The average molecular weight is 347 g/mol. The van der Waals surface area contributed by atoms with Crippen molar-refractivity contribution in [3.63, 3.8) is 0 Å². The van der Waals surface area contributed by atoms with Crippen molar-refractivity contribution in [2.75, 3.05) is 34.9 Å². The average Bonchev–Trinajstić information content (AvgIpc) is 3.16. The lowest BCUT2D eigenvalue weighted by atomic mass is 10.2. The first-order chi connectivity index (χ1) is 12.2. The monoisotopic (exact) mass is 347 g/mol. The zero-order chi connectivity index (χ0) is 18.1. The molecule has 0 unspecified atom stereocenters. The molecular weight excluding hydrogens is 322 g/mol. The van der Waals surface area contributed by atoms with Gasteiger partial charge >= 0.3 is 0 Å². The predicted octanol–water partition coefficient (Wildman–Crippen LogP) is 2.21. The van der Waals surface area contributed by atoms with Crippen molar-refractivity contribution in [3.8, 4) is 17.2 Å². The van der Waals surface area contributed by atoms with Crippen LogP contribution in [0.15, 0.2) is 39.9 Å². The van der Waals surface area contributed by atoms with Gasteiger partial charge in [-0.2, -0.15) is 0 Å². The first kappa shape index (κ1) is 18.5. The second-order valence-electron chi connectivity index (χ2n) is 5.22. The van der Waals surface area contributed by atoms with Crippen LogP contribution in [0.4, 0.5) is 0 Å². The zero-order valence-corrected chi connectivity index (χ0v) is 15.1. The second-order valence-corrected chi connectivity index (χ2v) is 5.22. The third kappa shape index (κ3) is 5.07. The van der Waals surface area contributed by atoms with Crippen molar-refractivity contribution in [2.45, 2.75) is 13.0 Å². The van der Waals surface area contributed by atoms with Gasteiger partial charge in [-0.15, -0.1) is 0 Å². The maximum Gasteiger partial charge on any atom is 0.203 e. The lowest BCUT2D eigenvalue weighted by Gasteiger charge is -2.15. The number of guanidine groups is 1. The van der Waals surface area contributed by atoms with E-state index in [1.807, 2.05) is 24.3 Å². The van der Waals surface area contributed by atoms with Crippen LogP contribution in [0.2, 0.25) is 0 Å². The summed E-state index contributed by atoms with van der Waals surface area (Å²) < 4.78 is 21.4. The summed E-state index contributed by atoms with van der Waals surface area (Å²) in [7, 11) is 6.52. The van der Waals surface area contributed by atoms with Crippen LogP contribution in [0.25, 0.3) is 0 Å². The van der Waals surface area contributed by atoms with Gasteiger partial charge in [-0.1, -0.05) is 0 Å². The van der Waals surface area contributed by atoms with Gasteiger partial charge in [0.15, 0.2) is 17.5 Å². The molecule has 1 aromatic heterocycles. The van der Waals surface area contributed by atoms with Crippen LogP contribution < -0.4 is 24.8 Å². The van der Waals surface area contributed by atoms with E-state index in [2.05, 4.69) is 15.6 Å². The van der Waals surface area contributed by atoms with Gasteiger partial charge in [0.25, 0.3) is 0 Å². The number of benzene rings is 1. The predicted molar refractivity (Wildman–Crippen MR) is 96.7 cm³/mol. The van der Waals surface area contributed by atoms with Gasteiger partial charge in [0.05, 0.1) is 27.6 Å². The van der Waals surface area contributed by atoms with Crippen molar-refractivity contribution in [1.82, 2.24) is 10.6 Å². The largest absolute Gasteiger partial charge is 0.493 e. The van der Waals surface area contributed by atoms with Crippen LogP contribution in [-0.2, 0) is 13.0 Å². The number of aliphatic imine (C=N–C) groups is 1. The number of rotatable bonds is 8. The van der Waals surface area contributed by atoms with Gasteiger partial charge in [0, 0.05) is 26.6 Å². The molecule has 1 heterocycles. The number of furan rings is 1. The van der Waals surface area contributed by atoms with Crippen LogP contribution in [-0.4, -0.2) is 40.9 Å². The molecule has 2 aromatic rings. The number of hydrogen-bond donors (Lipinski definition) is 2. The Bertz CT molecular complexity index is 659. The zero-order valence-electron chi connectivity index (χ0n) is 15.1. The van der Waals surface area contributed by atoms with Gasteiger partial charge in [0.1, 0.15) is 5.76 Å². The minimum absolute atomic E-state index is 0.567. The van der Waals surface area contributed by atoms with E-state index in [0.29, 0.717) is 29.8 Å². The van der Waals surface area contributed by atoms with Crippen molar-refractivity contribution in [2.24, 2.45) is 4.99 Å². The van der Waals surface area contributed by atoms with Crippen molar-refractivity contribution >= 4 is 5.96 Å². The summed E-state index contributed by atoms with van der Waals surface area (Å²) >= 11 is 0. The molecule has 0 amide bonds. The molecule has 1 aromatic carbocycles. The second kappa shape index (κ2) is 9.46. The maximum atomic E-state index is 5.37. The number of hydrogen-bond acceptors (Lipinski definition) is 5. The fourth-order valence-electron chi connectivity index (χ4n) is 2.40. The first-order valence-electron chi connectivity index (χ1n) is 7.97. The Hall–Kier alpha value is -2.83. The summed E-state index contributed by atoms with van der Waals surface area (Å²) in [5.74, 6) is 3.47. The highest BCUT2D eigenvalue weighted by molar-refractivity contribution is 5.79. The molecule has 7 heteroatoms. The van der Waals surface area contributed by atoms with Gasteiger partial charge in [-0.25, -0.2) is 0 Å². The molecular formula is C18H25N3O4. The topological polar surface area (TPSA) is 77.3 Å². The van der Waals surface area contributed by atoms with Gasteiger partial charge < -0.3 is 29.3 Å². The van der Waals surface area contributed by atoms with E-state index < -0.39 is 0 Å². The minimum Gasteiger partial charge on any atom is -0.493 e. The first-order valence-corrected chi connectivity index (χ1v) is 7.97. The molecule has 0 atom stereocenters. The molecule has 0 bridgehead atoms. The Kier molecular flexibility index (Phi) is 7.00. The summed E-state index contributed by atoms with van der Waals surface area (Å²) in [4.78, 5) is 4.22. The Morgan fingerprint density at radius 2 is 1.80 bits per heavy atom. The van der Waals surface area contributed by atoms with Crippen LogP contribution in [0.5, 0.6) is 17.2 Å². The molecule has 0 aliphatic rings. The van der Waals surface area contributed by atoms with Crippen LogP contribution in [0, 0.1) is 0 Å². The van der Waals surface area contributed by atoms with Crippen molar-refractivity contribution in [1.29, 1.82) is 0 Å². The quantitative estimate of drug-likeness (QED) is 0.563. The number of methoxy groups -OCH3 is 3. The molecule has 136 valence electrons. The Morgan fingerprint density at radius 1 is 1.08 bits per heavy atom. The number of ether oxygens (including phenoxy) is 3. The smallest absolute Gasteiger partial charge is 0.203 e. The summed E-state index contributed by atoms with van der Waals surface area (Å²) in [5, 5.41) is 6.51. The van der Waals surface area contributed by atoms with Crippen molar-refractivity contribution < 1.29 is 18.6 Å². The van der Waals surface area contributed by atoms with E-state index >= 15 is 0 Å². The highest BCUT2D eigenvalue weighted by atomic mass is 16.5. The summed E-state index contributed by atoms with van der Waals surface area (Å²) in [6, 6.07) is 7.65. The van der Waals surface area contributed by atoms with E-state index in [0.717, 1.165) is 24.3 Å². The molecule has 25 heavy (non-hydrogen) atoms. The fourth-order valence-corrected chi connectivity index (χ4v) is 2.40. The van der Waals surface area contributed by atoms with E-state index in [1.165, 1.54) is 0 Å². The van der Waals surface area contributed by atoms with Crippen LogP contribution in [0.1, 0.15) is 11.3 Å². The van der Waals surface area contributed by atoms with Crippen LogP contribution in [0.3, 0.4) is 0 Å². The molecule has 0 aliphatic carbocycles. The van der Waals surface area contributed by atoms with Crippen molar-refractivity contribution in [3.05, 3.63) is 41.9 Å². The Morgan fingerprint density at radius 3 is 2.32 bits per heavy atom. The molecule has 0 aliphatic heterocycles. The third-order valence-corrected chi connectivity index (χ3v) is 3.65.